The van der Waals surface area contributed by atoms with E-state index in [9.17, 15) is 9.59 Å². The van der Waals surface area contributed by atoms with Crippen molar-refractivity contribution in [2.75, 3.05) is 19.6 Å². The molecule has 0 bridgehead atoms. The van der Waals surface area contributed by atoms with E-state index in [1.165, 1.54) is 0 Å². The van der Waals surface area contributed by atoms with E-state index in [1.54, 1.807) is 0 Å². The molecule has 0 aromatic carbocycles. The number of carboxylic acid groups (broad SMARTS) is 1. The number of piperidine rings is 1. The summed E-state index contributed by atoms with van der Waals surface area (Å²) in [6, 6.07) is 0.136. The first-order valence-electron chi connectivity index (χ1n) is 6.38. The summed E-state index contributed by atoms with van der Waals surface area (Å²) in [7, 11) is 0. The van der Waals surface area contributed by atoms with Crippen LogP contribution in [0.1, 0.15) is 32.6 Å². The van der Waals surface area contributed by atoms with Crippen molar-refractivity contribution in [1.29, 1.82) is 0 Å². The van der Waals surface area contributed by atoms with E-state index < -0.39 is 5.97 Å². The third-order valence-electron chi connectivity index (χ3n) is 3.85. The first-order valence-corrected chi connectivity index (χ1v) is 6.38. The van der Waals surface area contributed by atoms with Gasteiger partial charge in [0.1, 0.15) is 0 Å². The average Bonchev–Trinajstić information content (AvgIpc) is 2.81. The fourth-order valence-electron chi connectivity index (χ4n) is 2.77. The van der Waals surface area contributed by atoms with Crippen LogP contribution in [0.3, 0.4) is 0 Å². The van der Waals surface area contributed by atoms with Gasteiger partial charge in [-0.05, 0) is 32.6 Å². The van der Waals surface area contributed by atoms with Crippen LogP contribution in [-0.4, -0.2) is 52.6 Å². The van der Waals surface area contributed by atoms with Gasteiger partial charge in [0.2, 0.25) is 0 Å². The summed E-state index contributed by atoms with van der Waals surface area (Å²) in [5.74, 6) is -1.02. The highest BCUT2D eigenvalue weighted by Crippen LogP contribution is 2.24. The number of urea groups is 1. The summed E-state index contributed by atoms with van der Waals surface area (Å²) in [4.78, 5) is 26.8. The first kappa shape index (κ1) is 12.2. The van der Waals surface area contributed by atoms with Crippen molar-refractivity contribution in [3.8, 4) is 0 Å². The van der Waals surface area contributed by atoms with Gasteiger partial charge in [-0.1, -0.05) is 0 Å². The molecule has 0 saturated carbocycles. The van der Waals surface area contributed by atoms with Gasteiger partial charge in [0.15, 0.2) is 0 Å². The van der Waals surface area contributed by atoms with Gasteiger partial charge in [-0.2, -0.15) is 0 Å². The van der Waals surface area contributed by atoms with Crippen molar-refractivity contribution in [2.24, 2.45) is 5.92 Å². The van der Waals surface area contributed by atoms with Crippen molar-refractivity contribution < 1.29 is 14.7 Å². The molecular weight excluding hydrogens is 220 g/mol. The zero-order valence-electron chi connectivity index (χ0n) is 10.3. The lowest BCUT2D eigenvalue weighted by Gasteiger charge is -2.38. The van der Waals surface area contributed by atoms with Gasteiger partial charge in [0.05, 0.1) is 5.92 Å². The van der Waals surface area contributed by atoms with Crippen LogP contribution >= 0.6 is 0 Å². The Balaban J connectivity index is 1.94. The summed E-state index contributed by atoms with van der Waals surface area (Å²) < 4.78 is 0. The summed E-state index contributed by atoms with van der Waals surface area (Å²) in [5.41, 5.74) is 0. The number of nitrogens with zero attached hydrogens (tertiary/aromatic N) is 2. The molecule has 2 aliphatic heterocycles. The zero-order chi connectivity index (χ0) is 12.4. The lowest BCUT2D eigenvalue weighted by Crippen LogP contribution is -2.50. The van der Waals surface area contributed by atoms with Crippen LogP contribution in [0.15, 0.2) is 0 Å². The van der Waals surface area contributed by atoms with Crippen molar-refractivity contribution in [1.82, 2.24) is 9.80 Å². The molecule has 2 rings (SSSR count). The quantitative estimate of drug-likeness (QED) is 0.753. The summed E-state index contributed by atoms with van der Waals surface area (Å²) in [6.07, 6.45) is 3.34. The number of hydrogen-bond acceptors (Lipinski definition) is 2. The number of carbonyl (C=O) groups excluding carboxylic acids is 1. The molecule has 1 N–H and O–H groups in total. The Labute approximate surface area is 101 Å². The fourth-order valence-corrected chi connectivity index (χ4v) is 2.77. The molecule has 2 aliphatic rings. The second kappa shape index (κ2) is 4.94. The molecule has 0 aromatic heterocycles. The van der Waals surface area contributed by atoms with Crippen LogP contribution in [0.4, 0.5) is 4.79 Å². The molecule has 0 radical (unpaired) electrons. The Kier molecular flexibility index (Phi) is 3.54. The smallest absolute Gasteiger partial charge is 0.320 e. The third kappa shape index (κ3) is 2.53. The molecule has 0 aromatic rings. The molecular formula is C12H20N2O3. The van der Waals surface area contributed by atoms with Gasteiger partial charge in [-0.3, -0.25) is 4.79 Å². The largest absolute Gasteiger partial charge is 0.481 e. The van der Waals surface area contributed by atoms with Crippen LogP contribution in [0, 0.1) is 5.92 Å². The molecule has 2 fully saturated rings. The summed E-state index contributed by atoms with van der Waals surface area (Å²) in [5, 5.41) is 8.98. The lowest BCUT2D eigenvalue weighted by molar-refractivity contribution is -0.143. The van der Waals surface area contributed by atoms with E-state index in [1.807, 2.05) is 16.7 Å². The number of carbonyl (C=O) groups is 2. The molecule has 2 heterocycles. The molecule has 0 aliphatic carbocycles. The molecule has 17 heavy (non-hydrogen) atoms. The van der Waals surface area contributed by atoms with Gasteiger partial charge in [-0.15, -0.1) is 0 Å². The number of carboxylic acids is 1. The van der Waals surface area contributed by atoms with Crippen LogP contribution in [-0.2, 0) is 4.79 Å². The van der Waals surface area contributed by atoms with Crippen molar-refractivity contribution in [2.45, 2.75) is 38.6 Å². The fraction of sp³-hybridized carbons (Fsp3) is 0.833. The normalized spacial score (nSPS) is 29.5. The highest BCUT2D eigenvalue weighted by Gasteiger charge is 2.34. The Hall–Kier alpha value is -1.26. The Morgan fingerprint density at radius 2 is 1.82 bits per heavy atom. The predicted molar refractivity (Wildman–Crippen MR) is 62.7 cm³/mol. The average molecular weight is 240 g/mol. The maximum atomic E-state index is 12.2. The Morgan fingerprint density at radius 1 is 1.18 bits per heavy atom. The Morgan fingerprint density at radius 3 is 2.35 bits per heavy atom. The van der Waals surface area contributed by atoms with E-state index in [0.29, 0.717) is 19.4 Å². The van der Waals surface area contributed by atoms with Crippen LogP contribution in [0.2, 0.25) is 0 Å². The van der Waals surface area contributed by atoms with Gasteiger partial charge >= 0.3 is 12.0 Å². The molecule has 5 heteroatoms. The molecule has 96 valence electrons. The number of amides is 2. The minimum atomic E-state index is -0.731. The SMILES string of the molecule is CC1CC(C(=O)O)CCN1C(=O)N1CCCC1. The third-order valence-corrected chi connectivity index (χ3v) is 3.85. The molecule has 2 atom stereocenters. The standard InChI is InChI=1S/C12H20N2O3/c1-9-8-10(11(15)16)4-7-14(9)12(17)13-5-2-3-6-13/h9-10H,2-8H2,1H3,(H,15,16). The molecule has 0 spiro atoms. The van der Waals surface area contributed by atoms with Crippen molar-refractivity contribution >= 4 is 12.0 Å². The van der Waals surface area contributed by atoms with Crippen LogP contribution < -0.4 is 0 Å². The van der Waals surface area contributed by atoms with Crippen molar-refractivity contribution in [3.05, 3.63) is 0 Å². The lowest BCUT2D eigenvalue weighted by atomic mass is 9.92. The molecule has 2 saturated heterocycles. The second-order valence-electron chi connectivity index (χ2n) is 5.08. The van der Waals surface area contributed by atoms with Gasteiger partial charge in [0.25, 0.3) is 0 Å². The summed E-state index contributed by atoms with van der Waals surface area (Å²) >= 11 is 0. The monoisotopic (exact) mass is 240 g/mol. The topological polar surface area (TPSA) is 60.9 Å². The predicted octanol–water partition coefficient (Wildman–Crippen LogP) is 1.39. The summed E-state index contributed by atoms with van der Waals surface area (Å²) in [6.45, 7) is 4.23. The molecule has 2 unspecified atom stereocenters. The van der Waals surface area contributed by atoms with Crippen molar-refractivity contribution in [3.63, 3.8) is 0 Å². The molecule has 2 amide bonds. The van der Waals surface area contributed by atoms with Gasteiger partial charge in [0, 0.05) is 25.7 Å². The zero-order valence-corrected chi connectivity index (χ0v) is 10.3. The van der Waals surface area contributed by atoms with Crippen LogP contribution in [0.5, 0.6) is 0 Å². The van der Waals surface area contributed by atoms with Gasteiger partial charge in [-0.25, -0.2) is 4.79 Å². The van der Waals surface area contributed by atoms with E-state index in [4.69, 9.17) is 5.11 Å². The minimum absolute atomic E-state index is 0.0398. The Bertz CT molecular complexity index is 313. The highest BCUT2D eigenvalue weighted by atomic mass is 16.4. The van der Waals surface area contributed by atoms with E-state index in [-0.39, 0.29) is 18.0 Å². The highest BCUT2D eigenvalue weighted by molar-refractivity contribution is 5.76. The number of hydrogen-bond donors (Lipinski definition) is 1. The van der Waals surface area contributed by atoms with Gasteiger partial charge < -0.3 is 14.9 Å². The number of likely N-dealkylation sites (tertiary alicyclic amines) is 2. The van der Waals surface area contributed by atoms with E-state index in [2.05, 4.69) is 0 Å². The van der Waals surface area contributed by atoms with Crippen LogP contribution in [0.25, 0.3) is 0 Å². The first-order chi connectivity index (χ1) is 8.09. The maximum Gasteiger partial charge on any atom is 0.320 e. The minimum Gasteiger partial charge on any atom is -0.481 e. The maximum absolute atomic E-state index is 12.2. The molecule has 5 nitrogen and oxygen atoms in total. The second-order valence-corrected chi connectivity index (χ2v) is 5.08. The van der Waals surface area contributed by atoms with E-state index >= 15 is 0 Å². The number of rotatable bonds is 1. The van der Waals surface area contributed by atoms with E-state index in [0.717, 1.165) is 25.9 Å². The number of aliphatic carboxylic acids is 1.